The lowest BCUT2D eigenvalue weighted by atomic mass is 9.86. The van der Waals surface area contributed by atoms with Gasteiger partial charge in [0, 0.05) is 35.7 Å². The van der Waals surface area contributed by atoms with Crippen molar-refractivity contribution in [1.29, 1.82) is 0 Å². The number of fused-ring (bicyclic) bond motifs is 1. The number of nitrogens with one attached hydrogen (secondary N) is 2. The number of alkyl halides is 3. The molecular formula is C28H35F3N6O. The van der Waals surface area contributed by atoms with Crippen LogP contribution in [0.5, 0.6) is 0 Å². The first-order valence-corrected chi connectivity index (χ1v) is 13.5. The highest BCUT2D eigenvalue weighted by Crippen LogP contribution is 2.38. The maximum Gasteiger partial charge on any atom is 0.406 e. The van der Waals surface area contributed by atoms with Gasteiger partial charge in [0.05, 0.1) is 16.9 Å². The summed E-state index contributed by atoms with van der Waals surface area (Å²) >= 11 is 0. The van der Waals surface area contributed by atoms with Crippen molar-refractivity contribution in [2.24, 2.45) is 0 Å². The Kier molecular flexibility index (Phi) is 7.61. The topological polar surface area (TPSA) is 75.1 Å². The van der Waals surface area contributed by atoms with Gasteiger partial charge in [-0.25, -0.2) is 9.97 Å². The Labute approximate surface area is 220 Å². The van der Waals surface area contributed by atoms with E-state index in [2.05, 4.69) is 32.5 Å². The molecule has 10 heteroatoms. The minimum Gasteiger partial charge on any atom is -0.382 e. The molecular weight excluding hydrogens is 493 g/mol. The second-order valence-electron chi connectivity index (χ2n) is 10.7. The Bertz CT molecular complexity index is 1290. The average Bonchev–Trinajstić information content (AvgIpc) is 3.23. The molecule has 7 nitrogen and oxygen atoms in total. The number of hydrogen-bond acceptors (Lipinski definition) is 5. The summed E-state index contributed by atoms with van der Waals surface area (Å²) in [4.78, 5) is 23.2. The van der Waals surface area contributed by atoms with Gasteiger partial charge in [0.2, 0.25) is 11.9 Å². The quantitative estimate of drug-likeness (QED) is 0.400. The normalized spacial score (nSPS) is 18.1. The second kappa shape index (κ2) is 10.9. The molecule has 3 heterocycles. The van der Waals surface area contributed by atoms with Crippen molar-refractivity contribution in [3.8, 4) is 11.4 Å². The molecule has 38 heavy (non-hydrogen) atoms. The first-order chi connectivity index (χ1) is 18.2. The molecule has 1 aromatic carbocycles. The highest BCUT2D eigenvalue weighted by Gasteiger charge is 2.31. The Morgan fingerprint density at radius 2 is 1.79 bits per heavy atom. The SMILES string of the molecule is CC(=O)Nc1nc(-c2cc3c(NC4CCN(C)CC4)cccc3n2CC(F)(F)F)cc(C2CCCCC2)n1. The van der Waals surface area contributed by atoms with Crippen LogP contribution in [-0.2, 0) is 11.3 Å². The van der Waals surface area contributed by atoms with Gasteiger partial charge in [-0.3, -0.25) is 10.1 Å². The summed E-state index contributed by atoms with van der Waals surface area (Å²) in [5.41, 5.74) is 2.83. The van der Waals surface area contributed by atoms with Gasteiger partial charge in [0.25, 0.3) is 0 Å². The predicted octanol–water partition coefficient (Wildman–Crippen LogP) is 6.17. The van der Waals surface area contributed by atoms with E-state index in [1.165, 1.54) is 17.9 Å². The van der Waals surface area contributed by atoms with E-state index < -0.39 is 12.7 Å². The monoisotopic (exact) mass is 528 g/mol. The molecule has 1 saturated carbocycles. The van der Waals surface area contributed by atoms with Crippen LogP contribution in [0, 0.1) is 0 Å². The Balaban J connectivity index is 1.61. The van der Waals surface area contributed by atoms with E-state index in [9.17, 15) is 18.0 Å². The van der Waals surface area contributed by atoms with Gasteiger partial charge in [-0.15, -0.1) is 0 Å². The number of piperidine rings is 1. The fraction of sp³-hybridized carbons (Fsp3) is 0.536. The molecule has 204 valence electrons. The third-order valence-corrected chi connectivity index (χ3v) is 7.68. The summed E-state index contributed by atoms with van der Waals surface area (Å²) in [6.07, 6.45) is 2.79. The molecule has 0 unspecified atom stereocenters. The van der Waals surface area contributed by atoms with Crippen LogP contribution in [0.15, 0.2) is 30.3 Å². The molecule has 1 aliphatic carbocycles. The Hall–Kier alpha value is -3.14. The third-order valence-electron chi connectivity index (χ3n) is 7.68. The molecule has 1 saturated heterocycles. The summed E-state index contributed by atoms with van der Waals surface area (Å²) in [6.45, 7) is 2.19. The van der Waals surface area contributed by atoms with Gasteiger partial charge >= 0.3 is 6.18 Å². The van der Waals surface area contributed by atoms with Gasteiger partial charge in [-0.1, -0.05) is 25.3 Å². The largest absolute Gasteiger partial charge is 0.406 e. The lowest BCUT2D eigenvalue weighted by Crippen LogP contribution is -2.36. The first-order valence-electron chi connectivity index (χ1n) is 13.5. The highest BCUT2D eigenvalue weighted by molar-refractivity contribution is 5.96. The smallest absolute Gasteiger partial charge is 0.382 e. The van der Waals surface area contributed by atoms with E-state index in [0.717, 1.165) is 68.4 Å². The number of nitrogens with zero attached hydrogens (tertiary/aromatic N) is 4. The van der Waals surface area contributed by atoms with E-state index in [1.807, 2.05) is 12.1 Å². The second-order valence-corrected chi connectivity index (χ2v) is 10.7. The minimum absolute atomic E-state index is 0.129. The van der Waals surface area contributed by atoms with Crippen molar-refractivity contribution in [3.05, 3.63) is 36.0 Å². The predicted molar refractivity (Wildman–Crippen MR) is 143 cm³/mol. The molecule has 2 aromatic heterocycles. The molecule has 2 aliphatic rings. The summed E-state index contributed by atoms with van der Waals surface area (Å²) in [5, 5.41) is 6.97. The number of amides is 1. The number of carbonyl (C=O) groups excluding carboxylic acids is 1. The molecule has 0 spiro atoms. The lowest BCUT2D eigenvalue weighted by molar-refractivity contribution is -0.139. The summed E-state index contributed by atoms with van der Waals surface area (Å²) in [7, 11) is 2.10. The minimum atomic E-state index is -4.42. The Morgan fingerprint density at radius 3 is 2.47 bits per heavy atom. The van der Waals surface area contributed by atoms with Crippen LogP contribution in [-0.4, -0.2) is 57.7 Å². The van der Waals surface area contributed by atoms with Gasteiger partial charge < -0.3 is 14.8 Å². The van der Waals surface area contributed by atoms with Gasteiger partial charge in [0.15, 0.2) is 0 Å². The molecule has 1 amide bonds. The Morgan fingerprint density at radius 1 is 1.05 bits per heavy atom. The average molecular weight is 529 g/mol. The number of likely N-dealkylation sites (tertiary alicyclic amines) is 1. The number of carbonyl (C=O) groups is 1. The molecule has 5 rings (SSSR count). The van der Waals surface area contributed by atoms with E-state index in [4.69, 9.17) is 0 Å². The zero-order valence-electron chi connectivity index (χ0n) is 21.9. The number of benzene rings is 1. The number of halogens is 3. The number of rotatable bonds is 6. The van der Waals surface area contributed by atoms with Crippen molar-refractivity contribution >= 4 is 28.4 Å². The molecule has 0 atom stereocenters. The molecule has 1 aliphatic heterocycles. The van der Waals surface area contributed by atoms with Gasteiger partial charge in [-0.05, 0) is 70.1 Å². The van der Waals surface area contributed by atoms with Crippen LogP contribution in [0.3, 0.4) is 0 Å². The molecule has 0 radical (unpaired) electrons. The van der Waals surface area contributed by atoms with Crippen LogP contribution in [0.2, 0.25) is 0 Å². The molecule has 3 aromatic rings. The van der Waals surface area contributed by atoms with Crippen molar-refractivity contribution < 1.29 is 18.0 Å². The zero-order chi connectivity index (χ0) is 26.9. The summed E-state index contributed by atoms with van der Waals surface area (Å²) in [5.74, 6) is 0.00127. The van der Waals surface area contributed by atoms with Crippen molar-refractivity contribution in [2.75, 3.05) is 30.8 Å². The van der Waals surface area contributed by atoms with Crippen molar-refractivity contribution in [1.82, 2.24) is 19.4 Å². The van der Waals surface area contributed by atoms with E-state index in [1.54, 1.807) is 18.2 Å². The molecule has 2 N–H and O–H groups in total. The van der Waals surface area contributed by atoms with E-state index >= 15 is 0 Å². The molecule has 0 bridgehead atoms. The van der Waals surface area contributed by atoms with Gasteiger partial charge in [0.1, 0.15) is 6.54 Å². The van der Waals surface area contributed by atoms with Crippen LogP contribution in [0.1, 0.15) is 63.5 Å². The molecule has 2 fully saturated rings. The van der Waals surface area contributed by atoms with Crippen molar-refractivity contribution in [2.45, 2.75) is 76.6 Å². The van der Waals surface area contributed by atoms with Crippen LogP contribution >= 0.6 is 0 Å². The van der Waals surface area contributed by atoms with Crippen molar-refractivity contribution in [3.63, 3.8) is 0 Å². The number of hydrogen-bond donors (Lipinski definition) is 2. The van der Waals surface area contributed by atoms with Crippen LogP contribution in [0.4, 0.5) is 24.8 Å². The lowest BCUT2D eigenvalue weighted by Gasteiger charge is -2.30. The maximum absolute atomic E-state index is 13.8. The van der Waals surface area contributed by atoms with Crippen LogP contribution in [0.25, 0.3) is 22.3 Å². The summed E-state index contributed by atoms with van der Waals surface area (Å²) in [6, 6.07) is 9.32. The number of anilines is 2. The third kappa shape index (κ3) is 6.11. The summed E-state index contributed by atoms with van der Waals surface area (Å²) < 4.78 is 42.8. The van der Waals surface area contributed by atoms with Crippen LogP contribution < -0.4 is 10.6 Å². The highest BCUT2D eigenvalue weighted by atomic mass is 19.4. The fourth-order valence-corrected chi connectivity index (χ4v) is 5.76. The first kappa shape index (κ1) is 26.5. The zero-order valence-corrected chi connectivity index (χ0v) is 21.9. The van der Waals surface area contributed by atoms with Gasteiger partial charge in [-0.2, -0.15) is 13.2 Å². The maximum atomic E-state index is 13.8. The fourth-order valence-electron chi connectivity index (χ4n) is 5.76. The number of aromatic nitrogens is 3. The standard InChI is InChI=1S/C28H35F3N6O/c1-18(38)32-27-34-23(19-7-4-3-5-8-19)16-24(35-27)26-15-21-22(33-20-11-13-36(2)14-12-20)9-6-10-25(21)37(26)17-28(29,30)31/h6,9-10,15-16,19-20,33H,3-5,7-8,11-14,17H2,1-2H3,(H,32,34,35,38). The van der Waals surface area contributed by atoms with E-state index in [0.29, 0.717) is 16.9 Å². The van der Waals surface area contributed by atoms with E-state index in [-0.39, 0.29) is 23.8 Å².